The minimum absolute atomic E-state index is 0.151. The maximum absolute atomic E-state index is 12.8. The van der Waals surface area contributed by atoms with Gasteiger partial charge >= 0.3 is 6.09 Å². The normalized spacial score (nSPS) is 19.2. The van der Waals surface area contributed by atoms with E-state index in [-0.39, 0.29) is 11.8 Å². The first-order chi connectivity index (χ1) is 12.9. The Morgan fingerprint density at radius 1 is 1.30 bits per heavy atom. The van der Waals surface area contributed by atoms with Gasteiger partial charge in [-0.2, -0.15) is 0 Å². The smallest absolute Gasteiger partial charge is 0.406 e. The van der Waals surface area contributed by atoms with Gasteiger partial charge in [0.15, 0.2) is 0 Å². The Hall–Kier alpha value is -2.04. The molecule has 0 unspecified atom stereocenters. The van der Waals surface area contributed by atoms with E-state index in [0.717, 1.165) is 25.9 Å². The van der Waals surface area contributed by atoms with Crippen molar-refractivity contribution in [3.8, 4) is 0 Å². The second-order valence-corrected chi connectivity index (χ2v) is 8.52. The van der Waals surface area contributed by atoms with Gasteiger partial charge in [0, 0.05) is 25.0 Å². The van der Waals surface area contributed by atoms with Crippen molar-refractivity contribution < 1.29 is 14.3 Å². The second-order valence-electron chi connectivity index (χ2n) is 8.52. The average molecular weight is 373 g/mol. The lowest BCUT2D eigenvalue weighted by Gasteiger charge is -2.60. The minimum Gasteiger partial charge on any atom is -0.453 e. The lowest BCUT2D eigenvalue weighted by molar-refractivity contribution is -0.156. The van der Waals surface area contributed by atoms with Gasteiger partial charge in [-0.3, -0.25) is 4.79 Å². The van der Waals surface area contributed by atoms with Crippen LogP contribution in [0.1, 0.15) is 55.2 Å². The quantitative estimate of drug-likeness (QED) is 0.827. The molecular formula is C22H32N2O3. The average Bonchev–Trinajstić information content (AvgIpc) is 2.57. The molecule has 2 aliphatic rings. The number of benzene rings is 1. The Kier molecular flexibility index (Phi) is 5.78. The molecule has 1 saturated heterocycles. The zero-order valence-electron chi connectivity index (χ0n) is 17.0. The second kappa shape index (κ2) is 7.91. The van der Waals surface area contributed by atoms with Crippen molar-refractivity contribution in [2.45, 2.75) is 52.4 Å². The van der Waals surface area contributed by atoms with Crippen LogP contribution in [-0.2, 0) is 9.53 Å². The van der Waals surface area contributed by atoms with Gasteiger partial charge in [0.05, 0.1) is 13.0 Å². The van der Waals surface area contributed by atoms with Gasteiger partial charge in [-0.15, -0.1) is 0 Å². The van der Waals surface area contributed by atoms with Crippen LogP contribution in [0.5, 0.6) is 0 Å². The molecule has 0 radical (unpaired) electrons. The Morgan fingerprint density at radius 3 is 2.59 bits per heavy atom. The fourth-order valence-corrected chi connectivity index (χ4v) is 4.86. The first-order valence-electron chi connectivity index (χ1n) is 10.0. The number of rotatable bonds is 6. The summed E-state index contributed by atoms with van der Waals surface area (Å²) in [7, 11) is 1.34. The van der Waals surface area contributed by atoms with Crippen LogP contribution in [0, 0.1) is 25.2 Å². The van der Waals surface area contributed by atoms with Gasteiger partial charge in [0.2, 0.25) is 5.91 Å². The molecule has 1 saturated carbocycles. The van der Waals surface area contributed by atoms with Crippen molar-refractivity contribution >= 4 is 12.0 Å². The molecular weight excluding hydrogens is 340 g/mol. The fourth-order valence-electron chi connectivity index (χ4n) is 4.86. The molecule has 2 amide bonds. The van der Waals surface area contributed by atoms with Gasteiger partial charge in [-0.1, -0.05) is 37.1 Å². The first-order valence-corrected chi connectivity index (χ1v) is 10.0. The number of hydrogen-bond acceptors (Lipinski definition) is 3. The summed E-state index contributed by atoms with van der Waals surface area (Å²) in [6.45, 7) is 8.49. The van der Waals surface area contributed by atoms with Gasteiger partial charge < -0.3 is 15.0 Å². The molecule has 1 aliphatic heterocycles. The number of ether oxygens (including phenoxy) is 1. The van der Waals surface area contributed by atoms with Crippen LogP contribution in [0.4, 0.5) is 4.79 Å². The SMILES string of the molecule is CCC[C@H](CNC(=O)OC)C(=O)N1CC2(CC(c3ccc(C)cc3C)C2)C1. The van der Waals surface area contributed by atoms with Gasteiger partial charge in [-0.25, -0.2) is 4.79 Å². The molecule has 1 aliphatic carbocycles. The Balaban J connectivity index is 1.51. The van der Waals surface area contributed by atoms with Crippen molar-refractivity contribution in [1.29, 1.82) is 0 Å². The number of nitrogens with zero attached hydrogens (tertiary/aromatic N) is 1. The summed E-state index contributed by atoms with van der Waals surface area (Å²) in [5.41, 5.74) is 4.50. The molecule has 1 aromatic carbocycles. The zero-order chi connectivity index (χ0) is 19.6. The molecule has 1 N–H and O–H groups in total. The van der Waals surface area contributed by atoms with Crippen LogP contribution in [0.2, 0.25) is 0 Å². The summed E-state index contributed by atoms with van der Waals surface area (Å²) < 4.78 is 4.61. The first kappa shape index (κ1) is 19.7. The number of aryl methyl sites for hydroxylation is 2. The van der Waals surface area contributed by atoms with Gasteiger partial charge in [0.1, 0.15) is 0 Å². The number of amides is 2. The molecule has 5 heteroatoms. The van der Waals surface area contributed by atoms with E-state index in [1.165, 1.54) is 36.6 Å². The highest BCUT2D eigenvalue weighted by molar-refractivity contribution is 5.81. The largest absolute Gasteiger partial charge is 0.453 e. The summed E-state index contributed by atoms with van der Waals surface area (Å²) in [6, 6.07) is 6.74. The topological polar surface area (TPSA) is 58.6 Å². The molecule has 5 nitrogen and oxygen atoms in total. The van der Waals surface area contributed by atoms with Gasteiger partial charge in [-0.05, 0) is 50.2 Å². The van der Waals surface area contributed by atoms with Crippen molar-refractivity contribution in [2.75, 3.05) is 26.7 Å². The third-order valence-corrected chi connectivity index (χ3v) is 6.25. The molecule has 0 bridgehead atoms. The predicted molar refractivity (Wildman–Crippen MR) is 106 cm³/mol. The van der Waals surface area contributed by atoms with Crippen LogP contribution in [0.25, 0.3) is 0 Å². The number of nitrogens with one attached hydrogen (secondary N) is 1. The molecule has 0 aromatic heterocycles. The monoisotopic (exact) mass is 372 g/mol. The highest BCUT2D eigenvalue weighted by Crippen LogP contribution is 2.56. The fraction of sp³-hybridized carbons (Fsp3) is 0.636. The van der Waals surface area contributed by atoms with Crippen molar-refractivity contribution in [2.24, 2.45) is 11.3 Å². The van der Waals surface area contributed by atoms with E-state index in [1.807, 2.05) is 4.90 Å². The molecule has 148 valence electrons. The van der Waals surface area contributed by atoms with Crippen LogP contribution in [0.15, 0.2) is 18.2 Å². The van der Waals surface area contributed by atoms with E-state index in [1.54, 1.807) is 0 Å². The highest BCUT2D eigenvalue weighted by Gasteiger charge is 2.54. The molecule has 1 atom stereocenters. The number of alkyl carbamates (subject to hydrolysis) is 1. The summed E-state index contributed by atoms with van der Waals surface area (Å²) >= 11 is 0. The molecule has 2 fully saturated rings. The molecule has 1 spiro atoms. The molecule has 3 rings (SSSR count). The molecule has 1 heterocycles. The lowest BCUT2D eigenvalue weighted by atomic mass is 9.55. The minimum atomic E-state index is -0.473. The Morgan fingerprint density at radius 2 is 2.00 bits per heavy atom. The van der Waals surface area contributed by atoms with E-state index in [0.29, 0.717) is 17.9 Å². The van der Waals surface area contributed by atoms with E-state index in [2.05, 4.69) is 49.0 Å². The third-order valence-electron chi connectivity index (χ3n) is 6.25. The number of hydrogen-bond donors (Lipinski definition) is 1. The van der Waals surface area contributed by atoms with E-state index in [4.69, 9.17) is 0 Å². The maximum atomic E-state index is 12.8. The predicted octanol–water partition coefficient (Wildman–Crippen LogP) is 3.78. The zero-order valence-corrected chi connectivity index (χ0v) is 17.0. The number of likely N-dealkylation sites (tertiary alicyclic amines) is 1. The van der Waals surface area contributed by atoms with E-state index >= 15 is 0 Å². The molecule has 27 heavy (non-hydrogen) atoms. The summed E-state index contributed by atoms with van der Waals surface area (Å²) in [6.07, 6.45) is 3.60. The number of methoxy groups -OCH3 is 1. The Labute approximate surface area is 162 Å². The van der Waals surface area contributed by atoms with Crippen LogP contribution in [-0.4, -0.2) is 43.6 Å². The molecule has 1 aromatic rings. The summed E-state index contributed by atoms with van der Waals surface area (Å²) in [5, 5.41) is 2.68. The van der Waals surface area contributed by atoms with Crippen LogP contribution >= 0.6 is 0 Å². The van der Waals surface area contributed by atoms with Crippen LogP contribution < -0.4 is 5.32 Å². The summed E-state index contributed by atoms with van der Waals surface area (Å²) in [4.78, 5) is 26.1. The number of carbonyl (C=O) groups excluding carboxylic acids is 2. The third kappa shape index (κ3) is 4.12. The van der Waals surface area contributed by atoms with Crippen molar-refractivity contribution in [3.63, 3.8) is 0 Å². The van der Waals surface area contributed by atoms with Crippen LogP contribution in [0.3, 0.4) is 0 Å². The maximum Gasteiger partial charge on any atom is 0.406 e. The van der Waals surface area contributed by atoms with E-state index < -0.39 is 6.09 Å². The van der Waals surface area contributed by atoms with Crippen molar-refractivity contribution in [3.05, 3.63) is 34.9 Å². The standard InChI is InChI=1S/C22H32N2O3/c1-5-6-17(12-23-21(26)27-4)20(25)24-13-22(14-24)10-18(11-22)19-8-7-15(2)9-16(19)3/h7-9,17-18H,5-6,10-14H2,1-4H3,(H,23,26)/t17-/m1/s1. The lowest BCUT2D eigenvalue weighted by Crippen LogP contribution is -2.64. The van der Waals surface area contributed by atoms with Gasteiger partial charge in [0.25, 0.3) is 0 Å². The number of carbonyl (C=O) groups is 2. The summed E-state index contributed by atoms with van der Waals surface area (Å²) in [5.74, 6) is 0.658. The Bertz CT molecular complexity index is 702. The van der Waals surface area contributed by atoms with E-state index in [9.17, 15) is 9.59 Å². The van der Waals surface area contributed by atoms with Crippen molar-refractivity contribution in [1.82, 2.24) is 10.2 Å². The highest BCUT2D eigenvalue weighted by atomic mass is 16.5.